The van der Waals surface area contributed by atoms with E-state index in [1.54, 1.807) is 28.4 Å². The molecule has 0 saturated carbocycles. The van der Waals surface area contributed by atoms with Crippen LogP contribution in [0.2, 0.25) is 0 Å². The SMILES string of the molecule is CCNC(=O)C1(Cc2ccc(-c3cccs3)cc2)CN(C(=O)c2ccccc2)CCO1. The molecule has 0 aliphatic carbocycles. The maximum Gasteiger partial charge on any atom is 0.254 e. The van der Waals surface area contributed by atoms with Crippen molar-refractivity contribution in [2.45, 2.75) is 18.9 Å². The highest BCUT2D eigenvalue weighted by atomic mass is 32.1. The van der Waals surface area contributed by atoms with Gasteiger partial charge in [0.15, 0.2) is 5.60 Å². The van der Waals surface area contributed by atoms with Gasteiger partial charge in [-0.05, 0) is 41.6 Å². The summed E-state index contributed by atoms with van der Waals surface area (Å²) in [6.07, 6.45) is 0.405. The summed E-state index contributed by atoms with van der Waals surface area (Å²) in [6.45, 7) is 3.40. The van der Waals surface area contributed by atoms with Crippen molar-refractivity contribution >= 4 is 23.2 Å². The molecule has 2 aromatic carbocycles. The zero-order chi connectivity index (χ0) is 21.7. The van der Waals surface area contributed by atoms with Gasteiger partial charge in [0.1, 0.15) is 0 Å². The van der Waals surface area contributed by atoms with Gasteiger partial charge in [-0.2, -0.15) is 0 Å². The number of amides is 2. The average Bonchev–Trinajstić information content (AvgIpc) is 3.35. The van der Waals surface area contributed by atoms with E-state index in [1.165, 1.54) is 4.88 Å². The number of rotatable bonds is 6. The lowest BCUT2D eigenvalue weighted by Crippen LogP contribution is -2.62. The minimum absolute atomic E-state index is 0.0781. The Balaban J connectivity index is 1.58. The predicted molar refractivity (Wildman–Crippen MR) is 123 cm³/mol. The van der Waals surface area contributed by atoms with E-state index < -0.39 is 5.60 Å². The van der Waals surface area contributed by atoms with Crippen molar-refractivity contribution in [3.63, 3.8) is 0 Å². The molecule has 1 unspecified atom stereocenters. The van der Waals surface area contributed by atoms with Gasteiger partial charge >= 0.3 is 0 Å². The van der Waals surface area contributed by atoms with E-state index in [-0.39, 0.29) is 18.4 Å². The third kappa shape index (κ3) is 4.70. The smallest absolute Gasteiger partial charge is 0.254 e. The Labute approximate surface area is 186 Å². The lowest BCUT2D eigenvalue weighted by Gasteiger charge is -2.41. The van der Waals surface area contributed by atoms with Crippen LogP contribution in [0.3, 0.4) is 0 Å². The van der Waals surface area contributed by atoms with Crippen molar-refractivity contribution in [1.82, 2.24) is 10.2 Å². The van der Waals surface area contributed by atoms with E-state index in [0.29, 0.717) is 31.7 Å². The molecule has 1 atom stereocenters. The molecule has 1 aliphatic heterocycles. The van der Waals surface area contributed by atoms with Crippen LogP contribution in [-0.4, -0.2) is 48.6 Å². The molecule has 6 heteroatoms. The molecule has 31 heavy (non-hydrogen) atoms. The van der Waals surface area contributed by atoms with Gasteiger partial charge in [-0.1, -0.05) is 48.5 Å². The molecular weight excluding hydrogens is 408 g/mol. The standard InChI is InChI=1S/C25H26N2O3S/c1-2-26-24(29)25(17-19-10-12-20(13-11-19)22-9-6-16-31-22)18-27(14-15-30-25)23(28)21-7-4-3-5-8-21/h3-13,16H,2,14-15,17-18H2,1H3,(H,26,29). The molecule has 0 radical (unpaired) electrons. The van der Waals surface area contributed by atoms with Crippen molar-refractivity contribution in [3.05, 3.63) is 83.2 Å². The second-order valence-electron chi connectivity index (χ2n) is 7.65. The van der Waals surface area contributed by atoms with Gasteiger partial charge < -0.3 is 15.0 Å². The van der Waals surface area contributed by atoms with Crippen LogP contribution in [0, 0.1) is 0 Å². The van der Waals surface area contributed by atoms with E-state index in [4.69, 9.17) is 4.74 Å². The van der Waals surface area contributed by atoms with Gasteiger partial charge in [0.25, 0.3) is 11.8 Å². The van der Waals surface area contributed by atoms with Crippen LogP contribution >= 0.6 is 11.3 Å². The maximum absolute atomic E-state index is 13.1. The molecular formula is C25H26N2O3S. The molecule has 1 aliphatic rings. The van der Waals surface area contributed by atoms with E-state index in [1.807, 2.05) is 43.3 Å². The van der Waals surface area contributed by atoms with Gasteiger partial charge in [-0.25, -0.2) is 0 Å². The van der Waals surface area contributed by atoms with Crippen LogP contribution in [0.5, 0.6) is 0 Å². The van der Waals surface area contributed by atoms with E-state index in [9.17, 15) is 9.59 Å². The molecule has 2 amide bonds. The van der Waals surface area contributed by atoms with Crippen molar-refractivity contribution in [2.75, 3.05) is 26.2 Å². The largest absolute Gasteiger partial charge is 0.361 e. The van der Waals surface area contributed by atoms with Gasteiger partial charge in [0.05, 0.1) is 13.2 Å². The first-order chi connectivity index (χ1) is 15.1. The van der Waals surface area contributed by atoms with Gasteiger partial charge in [-0.15, -0.1) is 11.3 Å². The maximum atomic E-state index is 13.1. The quantitative estimate of drug-likeness (QED) is 0.638. The molecule has 2 heterocycles. The van der Waals surface area contributed by atoms with Crippen LogP contribution in [0.4, 0.5) is 0 Å². The number of nitrogens with one attached hydrogen (secondary N) is 1. The first kappa shape index (κ1) is 21.3. The summed E-state index contributed by atoms with van der Waals surface area (Å²) < 4.78 is 6.10. The summed E-state index contributed by atoms with van der Waals surface area (Å²) in [6, 6.07) is 21.5. The summed E-state index contributed by atoms with van der Waals surface area (Å²) in [5.41, 5.74) is 1.66. The van der Waals surface area contributed by atoms with E-state index >= 15 is 0 Å². The van der Waals surface area contributed by atoms with Crippen LogP contribution in [0.1, 0.15) is 22.8 Å². The number of thiophene rings is 1. The third-order valence-corrected chi connectivity index (χ3v) is 6.41. The lowest BCUT2D eigenvalue weighted by atomic mass is 9.90. The zero-order valence-electron chi connectivity index (χ0n) is 17.5. The highest BCUT2D eigenvalue weighted by Gasteiger charge is 2.45. The Morgan fingerprint density at radius 3 is 2.52 bits per heavy atom. The summed E-state index contributed by atoms with van der Waals surface area (Å²) in [5.74, 6) is -0.256. The van der Waals surface area contributed by atoms with Crippen molar-refractivity contribution in [1.29, 1.82) is 0 Å². The van der Waals surface area contributed by atoms with E-state index in [2.05, 4.69) is 28.9 Å². The molecule has 1 fully saturated rings. The molecule has 1 N–H and O–H groups in total. The highest BCUT2D eigenvalue weighted by Crippen LogP contribution is 2.28. The first-order valence-electron chi connectivity index (χ1n) is 10.5. The third-order valence-electron chi connectivity index (χ3n) is 5.49. The fraction of sp³-hybridized carbons (Fsp3) is 0.280. The lowest BCUT2D eigenvalue weighted by molar-refractivity contribution is -0.157. The number of nitrogens with zero attached hydrogens (tertiary/aromatic N) is 1. The Bertz CT molecular complexity index is 1020. The molecule has 4 rings (SSSR count). The number of ether oxygens (including phenoxy) is 1. The molecule has 0 spiro atoms. The summed E-state index contributed by atoms with van der Waals surface area (Å²) >= 11 is 1.70. The molecule has 0 bridgehead atoms. The Hall–Kier alpha value is -2.96. The second-order valence-corrected chi connectivity index (χ2v) is 8.59. The average molecular weight is 435 g/mol. The molecule has 1 saturated heterocycles. The monoisotopic (exact) mass is 434 g/mol. The van der Waals surface area contributed by atoms with Crippen LogP contribution in [-0.2, 0) is 16.0 Å². The number of hydrogen-bond acceptors (Lipinski definition) is 4. The van der Waals surface area contributed by atoms with Crippen molar-refractivity contribution < 1.29 is 14.3 Å². The summed E-state index contributed by atoms with van der Waals surface area (Å²) in [4.78, 5) is 29.1. The number of hydrogen-bond donors (Lipinski definition) is 1. The number of carbonyl (C=O) groups is 2. The van der Waals surface area contributed by atoms with Gasteiger partial charge in [0.2, 0.25) is 0 Å². The molecule has 1 aromatic heterocycles. The number of benzene rings is 2. The topological polar surface area (TPSA) is 58.6 Å². The van der Waals surface area contributed by atoms with E-state index in [0.717, 1.165) is 11.1 Å². The van der Waals surface area contributed by atoms with Crippen LogP contribution in [0.25, 0.3) is 10.4 Å². The van der Waals surface area contributed by atoms with Crippen LogP contribution < -0.4 is 5.32 Å². The fourth-order valence-corrected chi connectivity index (χ4v) is 4.66. The molecule has 5 nitrogen and oxygen atoms in total. The van der Waals surface area contributed by atoms with Crippen molar-refractivity contribution in [2.24, 2.45) is 0 Å². The Morgan fingerprint density at radius 2 is 1.84 bits per heavy atom. The minimum Gasteiger partial charge on any atom is -0.361 e. The fourth-order valence-electron chi connectivity index (χ4n) is 3.93. The first-order valence-corrected chi connectivity index (χ1v) is 11.4. The van der Waals surface area contributed by atoms with Gasteiger partial charge in [-0.3, -0.25) is 9.59 Å². The summed E-state index contributed by atoms with van der Waals surface area (Å²) in [7, 11) is 0. The van der Waals surface area contributed by atoms with Crippen LogP contribution in [0.15, 0.2) is 72.1 Å². The van der Waals surface area contributed by atoms with Crippen molar-refractivity contribution in [3.8, 4) is 10.4 Å². The second kappa shape index (κ2) is 9.45. The normalized spacial score (nSPS) is 18.5. The highest BCUT2D eigenvalue weighted by molar-refractivity contribution is 7.13. The zero-order valence-corrected chi connectivity index (χ0v) is 18.4. The van der Waals surface area contributed by atoms with Gasteiger partial charge in [0, 0.05) is 30.0 Å². The number of likely N-dealkylation sites (N-methyl/N-ethyl adjacent to an activating group) is 1. The molecule has 3 aromatic rings. The Kier molecular flexibility index (Phi) is 6.49. The predicted octanol–water partition coefficient (Wildman–Crippen LogP) is 4.01. The number of carbonyl (C=O) groups excluding carboxylic acids is 2. The number of morpholine rings is 1. The molecule has 160 valence electrons. The summed E-state index contributed by atoms with van der Waals surface area (Å²) in [5, 5.41) is 4.97. The minimum atomic E-state index is -1.11. The Morgan fingerprint density at radius 1 is 1.06 bits per heavy atom.